The van der Waals surface area contributed by atoms with Crippen molar-refractivity contribution in [2.75, 3.05) is 13.1 Å². The van der Waals surface area contributed by atoms with Gasteiger partial charge in [-0.05, 0) is 25.7 Å². The van der Waals surface area contributed by atoms with Crippen LogP contribution in [0.3, 0.4) is 0 Å². The van der Waals surface area contributed by atoms with Crippen molar-refractivity contribution in [2.24, 2.45) is 0 Å². The summed E-state index contributed by atoms with van der Waals surface area (Å²) >= 11 is 0. The van der Waals surface area contributed by atoms with Crippen LogP contribution in [0.5, 0.6) is 0 Å². The zero-order chi connectivity index (χ0) is 9.26. The topological polar surface area (TPSA) is 49.8 Å². The molecular formula is C9H15NO3. The Morgan fingerprint density at radius 3 is 2.62 bits per heavy atom. The molecule has 2 aliphatic rings. The van der Waals surface area contributed by atoms with Gasteiger partial charge in [-0.3, -0.25) is 0 Å². The van der Waals surface area contributed by atoms with Crippen LogP contribution in [0.4, 0.5) is 4.79 Å². The number of aliphatic hydroxyl groups excluding tert-OH is 1. The molecule has 0 aromatic carbocycles. The summed E-state index contributed by atoms with van der Waals surface area (Å²) < 4.78 is 5.19. The number of rotatable bonds is 1. The molecule has 4 heteroatoms. The van der Waals surface area contributed by atoms with E-state index in [1.165, 1.54) is 6.42 Å². The highest BCUT2D eigenvalue weighted by Gasteiger charge is 2.29. The van der Waals surface area contributed by atoms with E-state index in [-0.39, 0.29) is 18.3 Å². The van der Waals surface area contributed by atoms with Crippen LogP contribution in [0.1, 0.15) is 25.7 Å². The number of carbonyl (C=O) groups is 1. The fraction of sp³-hybridized carbons (Fsp3) is 0.889. The number of aliphatic hydroxyl groups is 1. The highest BCUT2D eigenvalue weighted by Crippen LogP contribution is 2.23. The van der Waals surface area contributed by atoms with E-state index in [0.29, 0.717) is 19.5 Å². The molecule has 0 unspecified atom stereocenters. The molecule has 1 aliphatic heterocycles. The first-order valence-electron chi connectivity index (χ1n) is 4.89. The molecule has 0 radical (unpaired) electrons. The van der Waals surface area contributed by atoms with Gasteiger partial charge in [0.05, 0.1) is 6.10 Å². The number of hydrogen-bond donors (Lipinski definition) is 1. The smallest absolute Gasteiger partial charge is 0.410 e. The Morgan fingerprint density at radius 1 is 1.38 bits per heavy atom. The van der Waals surface area contributed by atoms with E-state index < -0.39 is 0 Å². The molecule has 1 amide bonds. The molecule has 1 saturated heterocycles. The van der Waals surface area contributed by atoms with E-state index in [2.05, 4.69) is 0 Å². The monoisotopic (exact) mass is 185 g/mol. The molecule has 1 atom stereocenters. The zero-order valence-electron chi connectivity index (χ0n) is 7.61. The van der Waals surface area contributed by atoms with Crippen LogP contribution < -0.4 is 0 Å². The minimum Gasteiger partial charge on any atom is -0.446 e. The molecule has 0 aromatic rings. The van der Waals surface area contributed by atoms with Crippen molar-refractivity contribution >= 4 is 6.09 Å². The van der Waals surface area contributed by atoms with Gasteiger partial charge in [-0.1, -0.05) is 0 Å². The van der Waals surface area contributed by atoms with Crippen molar-refractivity contribution in [1.29, 1.82) is 0 Å². The molecule has 0 bridgehead atoms. The average Bonchev–Trinajstić information content (AvgIpc) is 2.44. The van der Waals surface area contributed by atoms with Gasteiger partial charge in [-0.2, -0.15) is 0 Å². The predicted molar refractivity (Wildman–Crippen MR) is 46.3 cm³/mol. The number of hydrogen-bond acceptors (Lipinski definition) is 3. The highest BCUT2D eigenvalue weighted by atomic mass is 16.6. The summed E-state index contributed by atoms with van der Waals surface area (Å²) in [6, 6.07) is 0. The van der Waals surface area contributed by atoms with Crippen molar-refractivity contribution in [3.05, 3.63) is 0 Å². The first-order valence-corrected chi connectivity index (χ1v) is 4.89. The minimum atomic E-state index is -0.353. The highest BCUT2D eigenvalue weighted by molar-refractivity contribution is 5.68. The lowest BCUT2D eigenvalue weighted by Crippen LogP contribution is -2.35. The molecule has 1 saturated carbocycles. The van der Waals surface area contributed by atoms with Gasteiger partial charge in [0.15, 0.2) is 0 Å². The third-order valence-electron chi connectivity index (χ3n) is 2.74. The Morgan fingerprint density at radius 2 is 2.15 bits per heavy atom. The average molecular weight is 185 g/mol. The van der Waals surface area contributed by atoms with E-state index in [9.17, 15) is 9.90 Å². The second-order valence-corrected chi connectivity index (χ2v) is 3.83. The van der Waals surface area contributed by atoms with Crippen LogP contribution in [0.2, 0.25) is 0 Å². The maximum atomic E-state index is 11.4. The molecule has 1 N–H and O–H groups in total. The van der Waals surface area contributed by atoms with Gasteiger partial charge in [-0.15, -0.1) is 0 Å². The van der Waals surface area contributed by atoms with Crippen molar-refractivity contribution in [3.8, 4) is 0 Å². The van der Waals surface area contributed by atoms with Crippen LogP contribution in [-0.2, 0) is 4.74 Å². The first-order chi connectivity index (χ1) is 6.25. The SMILES string of the molecule is O=C(OC1CCC1)N1CC[C@H](O)C1. The molecule has 13 heavy (non-hydrogen) atoms. The molecule has 1 aliphatic carbocycles. The van der Waals surface area contributed by atoms with Crippen LogP contribution >= 0.6 is 0 Å². The molecule has 1 heterocycles. The zero-order valence-corrected chi connectivity index (χ0v) is 7.61. The summed E-state index contributed by atoms with van der Waals surface area (Å²) in [7, 11) is 0. The number of ether oxygens (including phenoxy) is 1. The maximum Gasteiger partial charge on any atom is 0.410 e. The Kier molecular flexibility index (Phi) is 2.40. The molecule has 0 spiro atoms. The summed E-state index contributed by atoms with van der Waals surface area (Å²) in [6.07, 6.45) is 3.39. The van der Waals surface area contributed by atoms with E-state index in [1.54, 1.807) is 4.90 Å². The minimum absolute atomic E-state index is 0.144. The fourth-order valence-electron chi connectivity index (χ4n) is 1.61. The maximum absolute atomic E-state index is 11.4. The molecular weight excluding hydrogens is 170 g/mol. The Hall–Kier alpha value is -0.770. The fourth-order valence-corrected chi connectivity index (χ4v) is 1.61. The predicted octanol–water partition coefficient (Wildman–Crippen LogP) is 0.742. The van der Waals surface area contributed by atoms with Crippen LogP contribution in [0, 0.1) is 0 Å². The van der Waals surface area contributed by atoms with E-state index in [1.807, 2.05) is 0 Å². The van der Waals surface area contributed by atoms with Gasteiger partial charge in [0, 0.05) is 13.1 Å². The lowest BCUT2D eigenvalue weighted by atomic mass is 9.96. The number of β-amino-alcohol motifs (C(OH)–C–C–N with tert-alkyl or cyclic N) is 1. The number of carbonyl (C=O) groups excluding carboxylic acids is 1. The summed E-state index contributed by atoms with van der Waals surface area (Å²) in [5, 5.41) is 9.20. The quantitative estimate of drug-likeness (QED) is 0.655. The van der Waals surface area contributed by atoms with Crippen LogP contribution in [0.25, 0.3) is 0 Å². The Bertz CT molecular complexity index is 203. The molecule has 2 fully saturated rings. The lowest BCUT2D eigenvalue weighted by Gasteiger charge is -2.27. The first kappa shape index (κ1) is 8.81. The standard InChI is InChI=1S/C9H15NO3/c11-7-4-5-10(6-7)9(12)13-8-2-1-3-8/h7-8,11H,1-6H2/t7-/m0/s1. The van der Waals surface area contributed by atoms with E-state index in [0.717, 1.165) is 12.8 Å². The number of likely N-dealkylation sites (tertiary alicyclic amines) is 1. The van der Waals surface area contributed by atoms with Crippen molar-refractivity contribution in [3.63, 3.8) is 0 Å². The van der Waals surface area contributed by atoms with Crippen LogP contribution in [0.15, 0.2) is 0 Å². The number of amides is 1. The van der Waals surface area contributed by atoms with Gasteiger partial charge in [0.1, 0.15) is 6.10 Å². The second kappa shape index (κ2) is 3.54. The lowest BCUT2D eigenvalue weighted by molar-refractivity contribution is 0.0287. The van der Waals surface area contributed by atoms with Gasteiger partial charge < -0.3 is 14.7 Å². The summed E-state index contributed by atoms with van der Waals surface area (Å²) in [4.78, 5) is 13.0. The van der Waals surface area contributed by atoms with Crippen molar-refractivity contribution in [2.45, 2.75) is 37.9 Å². The Labute approximate surface area is 77.5 Å². The summed E-state index contributed by atoms with van der Waals surface area (Å²) in [5.74, 6) is 0. The second-order valence-electron chi connectivity index (χ2n) is 3.83. The molecule has 2 rings (SSSR count). The normalized spacial score (nSPS) is 28.7. The summed E-state index contributed by atoms with van der Waals surface area (Å²) in [5.41, 5.74) is 0. The van der Waals surface area contributed by atoms with Crippen molar-refractivity contribution in [1.82, 2.24) is 4.90 Å². The molecule has 0 aromatic heterocycles. The largest absolute Gasteiger partial charge is 0.446 e. The van der Waals surface area contributed by atoms with Gasteiger partial charge in [0.2, 0.25) is 0 Å². The Balaban J connectivity index is 1.76. The molecule has 74 valence electrons. The van der Waals surface area contributed by atoms with Gasteiger partial charge in [-0.25, -0.2) is 4.79 Å². The third kappa shape index (κ3) is 1.94. The molecule has 4 nitrogen and oxygen atoms in total. The van der Waals surface area contributed by atoms with Gasteiger partial charge in [0.25, 0.3) is 0 Å². The van der Waals surface area contributed by atoms with Crippen molar-refractivity contribution < 1.29 is 14.6 Å². The van der Waals surface area contributed by atoms with E-state index >= 15 is 0 Å². The number of nitrogens with zero attached hydrogens (tertiary/aromatic N) is 1. The third-order valence-corrected chi connectivity index (χ3v) is 2.74. The van der Waals surface area contributed by atoms with Gasteiger partial charge >= 0.3 is 6.09 Å². The summed E-state index contributed by atoms with van der Waals surface area (Å²) in [6.45, 7) is 1.07. The van der Waals surface area contributed by atoms with Crippen LogP contribution in [-0.4, -0.2) is 41.4 Å². The van der Waals surface area contributed by atoms with E-state index in [4.69, 9.17) is 4.74 Å².